The number of anilines is 1. The van der Waals surface area contributed by atoms with Crippen LogP contribution < -0.4 is 5.32 Å². The Bertz CT molecular complexity index is 334. The lowest BCUT2D eigenvalue weighted by Crippen LogP contribution is -2.40. The average molecular weight is 221 g/mol. The van der Waals surface area contributed by atoms with Gasteiger partial charge in [-0.05, 0) is 37.5 Å². The monoisotopic (exact) mass is 221 g/mol. The van der Waals surface area contributed by atoms with Gasteiger partial charge in [-0.25, -0.2) is 0 Å². The largest absolute Gasteiger partial charge is 0.392 e. The number of hydrogen-bond donors (Lipinski definition) is 2. The fourth-order valence-corrected chi connectivity index (χ4v) is 2.05. The maximum absolute atomic E-state index is 9.03. The van der Waals surface area contributed by atoms with Gasteiger partial charge in [0.25, 0.3) is 0 Å². The van der Waals surface area contributed by atoms with Crippen molar-refractivity contribution in [3.05, 3.63) is 29.8 Å². The molecule has 0 heterocycles. The Morgan fingerprint density at radius 1 is 1.44 bits per heavy atom. The first-order valence-corrected chi connectivity index (χ1v) is 5.89. The second-order valence-electron chi connectivity index (χ2n) is 4.25. The van der Waals surface area contributed by atoms with Gasteiger partial charge in [-0.2, -0.15) is 0 Å². The second kappa shape index (κ2) is 5.32. The smallest absolute Gasteiger partial charge is 0.0682 e. The molecule has 1 aliphatic carbocycles. The van der Waals surface area contributed by atoms with E-state index in [-0.39, 0.29) is 6.61 Å². The zero-order chi connectivity index (χ0) is 11.4. The van der Waals surface area contributed by atoms with Crippen LogP contribution in [0.2, 0.25) is 0 Å². The van der Waals surface area contributed by atoms with E-state index in [1.807, 2.05) is 31.2 Å². The molecule has 0 spiro atoms. The molecule has 0 radical (unpaired) electrons. The Morgan fingerprint density at radius 3 is 2.94 bits per heavy atom. The lowest BCUT2D eigenvalue weighted by Gasteiger charge is -2.36. The van der Waals surface area contributed by atoms with Crippen LogP contribution in [0.15, 0.2) is 24.3 Å². The van der Waals surface area contributed by atoms with E-state index in [2.05, 4.69) is 5.32 Å². The van der Waals surface area contributed by atoms with E-state index in [4.69, 9.17) is 9.84 Å². The van der Waals surface area contributed by atoms with Crippen molar-refractivity contribution in [2.45, 2.75) is 38.5 Å². The third kappa shape index (κ3) is 2.74. The third-order valence-corrected chi connectivity index (χ3v) is 2.98. The lowest BCUT2D eigenvalue weighted by molar-refractivity contribution is 0.00299. The van der Waals surface area contributed by atoms with Crippen LogP contribution in [-0.4, -0.2) is 23.9 Å². The molecular formula is C13H19NO2. The molecule has 88 valence electrons. The number of rotatable bonds is 5. The van der Waals surface area contributed by atoms with Crippen LogP contribution in [0.5, 0.6) is 0 Å². The summed E-state index contributed by atoms with van der Waals surface area (Å²) in [6.45, 7) is 2.94. The maximum Gasteiger partial charge on any atom is 0.0682 e. The van der Waals surface area contributed by atoms with Crippen molar-refractivity contribution >= 4 is 5.69 Å². The van der Waals surface area contributed by atoms with Crippen molar-refractivity contribution in [1.82, 2.24) is 0 Å². The highest BCUT2D eigenvalue weighted by atomic mass is 16.5. The normalized spacial score (nSPS) is 23.9. The summed E-state index contributed by atoms with van der Waals surface area (Å²) in [4.78, 5) is 0. The van der Waals surface area contributed by atoms with E-state index in [9.17, 15) is 0 Å². The summed E-state index contributed by atoms with van der Waals surface area (Å²) in [7, 11) is 0. The Kier molecular flexibility index (Phi) is 3.80. The fourth-order valence-electron chi connectivity index (χ4n) is 2.05. The summed E-state index contributed by atoms with van der Waals surface area (Å²) in [5.41, 5.74) is 2.04. The molecular weight excluding hydrogens is 202 g/mol. The van der Waals surface area contributed by atoms with Gasteiger partial charge in [-0.3, -0.25) is 0 Å². The Labute approximate surface area is 96.4 Å². The molecule has 3 nitrogen and oxygen atoms in total. The first-order valence-electron chi connectivity index (χ1n) is 5.89. The zero-order valence-corrected chi connectivity index (χ0v) is 9.65. The predicted molar refractivity (Wildman–Crippen MR) is 64.4 cm³/mol. The van der Waals surface area contributed by atoms with E-state index in [1.165, 1.54) is 0 Å². The van der Waals surface area contributed by atoms with Crippen molar-refractivity contribution in [2.75, 3.05) is 11.9 Å². The molecule has 0 saturated heterocycles. The highest BCUT2D eigenvalue weighted by Crippen LogP contribution is 2.27. The maximum atomic E-state index is 9.03. The molecule has 3 heteroatoms. The molecule has 1 aromatic carbocycles. The van der Waals surface area contributed by atoms with Gasteiger partial charge < -0.3 is 15.2 Å². The van der Waals surface area contributed by atoms with Crippen LogP contribution in [0, 0.1) is 0 Å². The van der Waals surface area contributed by atoms with Crippen LogP contribution in [0.3, 0.4) is 0 Å². The highest BCUT2D eigenvalue weighted by molar-refractivity contribution is 5.46. The van der Waals surface area contributed by atoms with Crippen LogP contribution in [-0.2, 0) is 11.3 Å². The number of benzene rings is 1. The highest BCUT2D eigenvalue weighted by Gasteiger charge is 2.29. The molecule has 0 bridgehead atoms. The molecule has 1 aromatic rings. The van der Waals surface area contributed by atoms with E-state index < -0.39 is 0 Å². The van der Waals surface area contributed by atoms with Crippen molar-refractivity contribution in [1.29, 1.82) is 0 Å². The van der Waals surface area contributed by atoms with Gasteiger partial charge in [0.05, 0.1) is 12.7 Å². The van der Waals surface area contributed by atoms with Gasteiger partial charge in [0.1, 0.15) is 0 Å². The summed E-state index contributed by atoms with van der Waals surface area (Å²) in [6, 6.07) is 8.44. The van der Waals surface area contributed by atoms with Gasteiger partial charge in [0.15, 0.2) is 0 Å². The lowest BCUT2D eigenvalue weighted by atomic mass is 9.89. The van der Waals surface area contributed by atoms with Crippen molar-refractivity contribution in [3.63, 3.8) is 0 Å². The molecule has 0 amide bonds. The fraction of sp³-hybridized carbons (Fsp3) is 0.538. The first kappa shape index (κ1) is 11.4. The molecule has 1 aliphatic rings. The number of aliphatic hydroxyl groups is 1. The molecule has 0 aromatic heterocycles. The topological polar surface area (TPSA) is 41.5 Å². The van der Waals surface area contributed by atoms with Gasteiger partial charge in [0, 0.05) is 18.3 Å². The summed E-state index contributed by atoms with van der Waals surface area (Å²) >= 11 is 0. The molecule has 1 saturated carbocycles. The van der Waals surface area contributed by atoms with Crippen LogP contribution in [0.25, 0.3) is 0 Å². The van der Waals surface area contributed by atoms with Gasteiger partial charge >= 0.3 is 0 Å². The summed E-state index contributed by atoms with van der Waals surface area (Å²) < 4.78 is 5.51. The standard InChI is InChI=1S/C13H19NO2/c1-2-16-13-7-12(8-13)14-11-5-3-4-10(6-11)9-15/h3-6,12-15H,2,7-9H2,1H3. The third-order valence-electron chi connectivity index (χ3n) is 2.98. The summed E-state index contributed by atoms with van der Waals surface area (Å²) in [5, 5.41) is 12.5. The van der Waals surface area contributed by atoms with Crippen molar-refractivity contribution in [2.24, 2.45) is 0 Å². The molecule has 0 aliphatic heterocycles. The van der Waals surface area contributed by atoms with E-state index in [1.54, 1.807) is 0 Å². The number of aliphatic hydroxyl groups excluding tert-OH is 1. The second-order valence-corrected chi connectivity index (χ2v) is 4.25. The van der Waals surface area contributed by atoms with E-state index in [0.717, 1.165) is 30.7 Å². The SMILES string of the molecule is CCOC1CC(Nc2cccc(CO)c2)C1. The van der Waals surface area contributed by atoms with Crippen LogP contribution in [0.1, 0.15) is 25.3 Å². The van der Waals surface area contributed by atoms with Crippen molar-refractivity contribution in [3.8, 4) is 0 Å². The van der Waals surface area contributed by atoms with Gasteiger partial charge in [0.2, 0.25) is 0 Å². The molecule has 0 unspecified atom stereocenters. The summed E-state index contributed by atoms with van der Waals surface area (Å²) in [6.07, 6.45) is 2.59. The molecule has 16 heavy (non-hydrogen) atoms. The number of hydrogen-bond acceptors (Lipinski definition) is 3. The van der Waals surface area contributed by atoms with Gasteiger partial charge in [-0.15, -0.1) is 0 Å². The predicted octanol–water partition coefficient (Wildman–Crippen LogP) is 2.16. The Hall–Kier alpha value is -1.06. The molecule has 2 N–H and O–H groups in total. The average Bonchev–Trinajstić information content (AvgIpc) is 2.27. The van der Waals surface area contributed by atoms with Crippen LogP contribution in [0.4, 0.5) is 5.69 Å². The van der Waals surface area contributed by atoms with E-state index >= 15 is 0 Å². The van der Waals surface area contributed by atoms with Gasteiger partial charge in [-0.1, -0.05) is 12.1 Å². The molecule has 0 atom stereocenters. The Morgan fingerprint density at radius 2 is 2.25 bits per heavy atom. The minimum Gasteiger partial charge on any atom is -0.392 e. The minimum absolute atomic E-state index is 0.0990. The van der Waals surface area contributed by atoms with Crippen LogP contribution >= 0.6 is 0 Å². The quantitative estimate of drug-likeness (QED) is 0.800. The molecule has 1 fully saturated rings. The minimum atomic E-state index is 0.0990. The van der Waals surface area contributed by atoms with Crippen molar-refractivity contribution < 1.29 is 9.84 Å². The zero-order valence-electron chi connectivity index (χ0n) is 9.65. The molecule has 2 rings (SSSR count). The Balaban J connectivity index is 1.82. The van der Waals surface area contributed by atoms with E-state index in [0.29, 0.717) is 12.1 Å². The first-order chi connectivity index (χ1) is 7.81. The number of ether oxygens (including phenoxy) is 1. The summed E-state index contributed by atoms with van der Waals surface area (Å²) in [5.74, 6) is 0. The number of nitrogens with one attached hydrogen (secondary N) is 1.